The van der Waals surface area contributed by atoms with Crippen LogP contribution in [0.15, 0.2) is 33.4 Å². The molecule has 1 N–H and O–H groups in total. The number of fused-ring (bicyclic) bond motifs is 2. The molecule has 3 heterocycles. The van der Waals surface area contributed by atoms with Crippen LogP contribution in [0.1, 0.15) is 24.5 Å². The maximum atomic E-state index is 12.2. The van der Waals surface area contributed by atoms with Crippen LogP contribution in [0.2, 0.25) is 0 Å². The van der Waals surface area contributed by atoms with Crippen LogP contribution in [-0.2, 0) is 17.0 Å². The number of hydrogen-bond donors (Lipinski definition) is 1. The normalized spacial score (nSPS) is 11.3. The van der Waals surface area contributed by atoms with E-state index in [2.05, 4.69) is 20.4 Å². The maximum Gasteiger partial charge on any atom is 0.275 e. The van der Waals surface area contributed by atoms with Gasteiger partial charge in [0.1, 0.15) is 5.01 Å². The lowest BCUT2D eigenvalue weighted by Gasteiger charge is -1.99. The summed E-state index contributed by atoms with van der Waals surface area (Å²) in [5, 5.41) is 7.93. The molecule has 1 amide bonds. The number of thiazole rings is 1. The minimum absolute atomic E-state index is 0.101. The fourth-order valence-corrected chi connectivity index (χ4v) is 5.35. The van der Waals surface area contributed by atoms with E-state index in [1.807, 2.05) is 25.1 Å². The molecule has 0 spiro atoms. The lowest BCUT2D eigenvalue weighted by molar-refractivity contribution is -0.114. The van der Waals surface area contributed by atoms with Crippen molar-refractivity contribution in [1.82, 2.24) is 19.6 Å². The summed E-state index contributed by atoms with van der Waals surface area (Å²) in [4.78, 5) is 33.2. The Morgan fingerprint density at radius 2 is 2.11 bits per heavy atom. The van der Waals surface area contributed by atoms with E-state index in [0.29, 0.717) is 10.7 Å². The van der Waals surface area contributed by atoms with Gasteiger partial charge in [0.25, 0.3) is 5.56 Å². The van der Waals surface area contributed by atoms with Crippen molar-refractivity contribution in [2.24, 2.45) is 0 Å². The van der Waals surface area contributed by atoms with Crippen LogP contribution < -0.4 is 10.9 Å². The van der Waals surface area contributed by atoms with Crippen LogP contribution in [0.4, 0.5) is 5.69 Å². The van der Waals surface area contributed by atoms with Crippen LogP contribution in [0.25, 0.3) is 15.2 Å². The topological polar surface area (TPSA) is 89.3 Å². The number of benzene rings is 1. The summed E-state index contributed by atoms with van der Waals surface area (Å²) in [5.41, 5.74) is 2.20. The average molecular weight is 418 g/mol. The molecular weight excluding hydrogens is 402 g/mol. The molecule has 4 rings (SSSR count). The summed E-state index contributed by atoms with van der Waals surface area (Å²) < 4.78 is 3.26. The number of anilines is 1. The summed E-state index contributed by atoms with van der Waals surface area (Å²) in [6.07, 6.45) is 0.781. The molecule has 0 saturated carbocycles. The van der Waals surface area contributed by atoms with Gasteiger partial charge in [-0.1, -0.05) is 30.0 Å². The third-order valence-electron chi connectivity index (χ3n) is 3.68. The van der Waals surface area contributed by atoms with E-state index in [9.17, 15) is 9.59 Å². The highest BCUT2D eigenvalue weighted by Gasteiger charge is 2.10. The van der Waals surface area contributed by atoms with Gasteiger partial charge in [-0.2, -0.15) is 9.61 Å². The highest BCUT2D eigenvalue weighted by molar-refractivity contribution is 8.00. The quantitative estimate of drug-likeness (QED) is 0.499. The van der Waals surface area contributed by atoms with Crippen LogP contribution in [0.5, 0.6) is 0 Å². The predicted molar refractivity (Wildman–Crippen MR) is 110 cm³/mol. The van der Waals surface area contributed by atoms with Gasteiger partial charge in [0, 0.05) is 24.4 Å². The summed E-state index contributed by atoms with van der Waals surface area (Å²) in [7, 11) is 0. The third-order valence-corrected chi connectivity index (χ3v) is 6.92. The smallest absolute Gasteiger partial charge is 0.275 e. The molecule has 0 aliphatic carbocycles. The Hall–Kier alpha value is -2.30. The molecular formula is C17H15N5O2S3. The lowest BCUT2D eigenvalue weighted by atomic mass is 10.3. The second kappa shape index (κ2) is 7.37. The zero-order chi connectivity index (χ0) is 19.0. The van der Waals surface area contributed by atoms with E-state index >= 15 is 0 Å². The fourth-order valence-electron chi connectivity index (χ4n) is 2.49. The van der Waals surface area contributed by atoms with Gasteiger partial charge >= 0.3 is 0 Å². The predicted octanol–water partition coefficient (Wildman–Crippen LogP) is 3.57. The Labute approximate surface area is 166 Å². The van der Waals surface area contributed by atoms with Crippen molar-refractivity contribution >= 4 is 61.2 Å². The minimum atomic E-state index is -0.157. The average Bonchev–Trinajstić information content (AvgIpc) is 3.22. The molecule has 4 aromatic rings. The number of nitrogens with zero attached hydrogens (tertiary/aromatic N) is 4. The van der Waals surface area contributed by atoms with Crippen molar-refractivity contribution < 1.29 is 4.79 Å². The van der Waals surface area contributed by atoms with E-state index in [1.165, 1.54) is 28.8 Å². The van der Waals surface area contributed by atoms with Crippen LogP contribution >= 0.6 is 34.4 Å². The number of aromatic nitrogens is 4. The second-order valence-corrected chi connectivity index (χ2v) is 9.06. The largest absolute Gasteiger partial charge is 0.326 e. The van der Waals surface area contributed by atoms with Crippen LogP contribution in [0.3, 0.4) is 0 Å². The minimum Gasteiger partial charge on any atom is -0.326 e. The number of rotatable bonds is 5. The number of nitrogens with one attached hydrogen (secondary N) is 1. The van der Waals surface area contributed by atoms with Gasteiger partial charge in [0.2, 0.25) is 10.9 Å². The van der Waals surface area contributed by atoms with Crippen LogP contribution in [-0.4, -0.2) is 25.5 Å². The molecule has 7 nitrogen and oxygen atoms in total. The first-order valence-corrected chi connectivity index (χ1v) is 10.8. The Kier molecular flexibility index (Phi) is 4.94. The van der Waals surface area contributed by atoms with E-state index in [0.717, 1.165) is 37.4 Å². The molecule has 0 unspecified atom stereocenters. The molecule has 0 aliphatic heterocycles. The van der Waals surface area contributed by atoms with Gasteiger partial charge in [-0.25, -0.2) is 9.97 Å². The summed E-state index contributed by atoms with van der Waals surface area (Å²) in [6.45, 7) is 3.49. The SMILES string of the molecule is CCc1nn2c(=O)cc(CSc3nc4ccc(NC(C)=O)cc4s3)nc2s1. The van der Waals surface area contributed by atoms with Crippen molar-refractivity contribution in [3.05, 3.63) is 45.3 Å². The third kappa shape index (κ3) is 3.87. The Morgan fingerprint density at radius 1 is 1.26 bits per heavy atom. The lowest BCUT2D eigenvalue weighted by Crippen LogP contribution is -2.15. The standard InChI is InChI=1S/C17H15N5O2S3/c1-3-14-21-22-15(24)7-11(19-16(22)27-14)8-25-17-20-12-5-4-10(18-9(2)23)6-13(12)26-17/h4-7H,3,8H2,1-2H3,(H,18,23). The van der Waals surface area contributed by atoms with Gasteiger partial charge in [-0.15, -0.1) is 11.3 Å². The number of carbonyl (C=O) groups excluding carboxylic acids is 1. The molecule has 0 aliphatic rings. The summed E-state index contributed by atoms with van der Waals surface area (Å²) in [6, 6.07) is 7.17. The van der Waals surface area contributed by atoms with Gasteiger partial charge in [0.05, 0.1) is 15.9 Å². The highest BCUT2D eigenvalue weighted by Crippen LogP contribution is 2.32. The number of thioether (sulfide) groups is 1. The summed E-state index contributed by atoms with van der Waals surface area (Å²) >= 11 is 4.54. The maximum absolute atomic E-state index is 12.2. The summed E-state index contributed by atoms with van der Waals surface area (Å²) in [5.74, 6) is 0.458. The first-order valence-electron chi connectivity index (χ1n) is 8.21. The van der Waals surface area contributed by atoms with Crippen LogP contribution in [0, 0.1) is 0 Å². The number of aryl methyl sites for hydroxylation is 1. The second-order valence-electron chi connectivity index (χ2n) is 5.76. The molecule has 0 fully saturated rings. The van der Waals surface area contributed by atoms with Crippen molar-refractivity contribution in [2.45, 2.75) is 30.4 Å². The zero-order valence-electron chi connectivity index (χ0n) is 14.6. The molecule has 3 aromatic heterocycles. The Balaban J connectivity index is 1.55. The van der Waals surface area contributed by atoms with E-state index in [-0.39, 0.29) is 11.5 Å². The molecule has 0 saturated heterocycles. The van der Waals surface area contributed by atoms with Crippen molar-refractivity contribution in [3.8, 4) is 0 Å². The van der Waals surface area contributed by atoms with Gasteiger partial charge in [0.15, 0.2) is 4.34 Å². The number of hydrogen-bond acceptors (Lipinski definition) is 8. The van der Waals surface area contributed by atoms with Gasteiger partial charge < -0.3 is 5.32 Å². The van der Waals surface area contributed by atoms with E-state index in [1.54, 1.807) is 23.1 Å². The monoisotopic (exact) mass is 417 g/mol. The molecule has 0 radical (unpaired) electrons. The fraction of sp³-hybridized carbons (Fsp3) is 0.235. The molecule has 138 valence electrons. The molecule has 0 bridgehead atoms. The highest BCUT2D eigenvalue weighted by atomic mass is 32.2. The number of amides is 1. The van der Waals surface area contributed by atoms with Crippen molar-refractivity contribution in [3.63, 3.8) is 0 Å². The molecule has 0 atom stereocenters. The Bertz CT molecular complexity index is 1210. The van der Waals surface area contributed by atoms with Gasteiger partial charge in [-0.3, -0.25) is 9.59 Å². The molecule has 10 heteroatoms. The van der Waals surface area contributed by atoms with Crippen molar-refractivity contribution in [1.29, 1.82) is 0 Å². The van der Waals surface area contributed by atoms with E-state index < -0.39 is 0 Å². The molecule has 1 aromatic carbocycles. The first-order chi connectivity index (χ1) is 13.0. The van der Waals surface area contributed by atoms with Gasteiger partial charge in [-0.05, 0) is 24.6 Å². The first kappa shape index (κ1) is 18.1. The Morgan fingerprint density at radius 3 is 2.89 bits per heavy atom. The number of carbonyl (C=O) groups is 1. The molecule has 27 heavy (non-hydrogen) atoms. The zero-order valence-corrected chi connectivity index (χ0v) is 17.0. The van der Waals surface area contributed by atoms with E-state index in [4.69, 9.17) is 0 Å². The van der Waals surface area contributed by atoms with Crippen molar-refractivity contribution in [2.75, 3.05) is 5.32 Å².